The molecule has 0 spiro atoms. The Kier molecular flexibility index (Phi) is 45.4. The smallest absolute Gasteiger partial charge is 0.362 e. The minimum Gasteiger partial charge on any atom is -0.477 e. The number of carboxylic acid groups (broad SMARTS) is 1. The molecule has 8 nitrogen and oxygen atoms in total. The normalized spacial score (nSPS) is 13.5. The van der Waals surface area contributed by atoms with E-state index in [-0.39, 0.29) is 36.2 Å². The first-order valence-corrected chi connectivity index (χ1v) is 26.6. The van der Waals surface area contributed by atoms with Crippen molar-refractivity contribution in [2.24, 2.45) is 0 Å². The molecule has 378 valence electrons. The number of esters is 2. The summed E-state index contributed by atoms with van der Waals surface area (Å²) in [4.78, 5) is 37.2. The topological polar surface area (TPSA) is 99.1 Å². The highest BCUT2D eigenvalue weighted by Crippen LogP contribution is 2.15. The lowest BCUT2D eigenvalue weighted by Crippen LogP contribution is -2.50. The van der Waals surface area contributed by atoms with E-state index in [0.29, 0.717) is 19.3 Å². The van der Waals surface area contributed by atoms with Crippen LogP contribution in [0.15, 0.2) is 85.1 Å². The molecule has 0 rings (SSSR count). The van der Waals surface area contributed by atoms with Crippen LogP contribution in [0.3, 0.4) is 0 Å². The van der Waals surface area contributed by atoms with Gasteiger partial charge >= 0.3 is 17.9 Å². The maximum Gasteiger partial charge on any atom is 0.362 e. The van der Waals surface area contributed by atoms with Gasteiger partial charge < -0.3 is 23.8 Å². The number of carbonyl (C=O) groups excluding carboxylic acids is 2. The molecule has 1 N–H and O–H groups in total. The van der Waals surface area contributed by atoms with E-state index in [0.717, 1.165) is 89.9 Å². The number of quaternary nitrogens is 1. The van der Waals surface area contributed by atoms with Gasteiger partial charge in [-0.05, 0) is 83.5 Å². The van der Waals surface area contributed by atoms with Crippen LogP contribution in [0, 0.1) is 0 Å². The molecule has 8 heteroatoms. The van der Waals surface area contributed by atoms with E-state index in [1.54, 1.807) is 0 Å². The number of nitrogens with zero attached hydrogens (tertiary/aromatic N) is 1. The van der Waals surface area contributed by atoms with Crippen LogP contribution in [0.1, 0.15) is 213 Å². The number of carbonyl (C=O) groups is 3. The van der Waals surface area contributed by atoms with Gasteiger partial charge in [0.2, 0.25) is 0 Å². The zero-order chi connectivity index (χ0) is 48.4. The molecule has 0 aliphatic rings. The molecule has 0 aromatic rings. The van der Waals surface area contributed by atoms with E-state index in [1.165, 1.54) is 89.9 Å². The van der Waals surface area contributed by atoms with Crippen LogP contribution in [0.5, 0.6) is 0 Å². The first-order valence-electron chi connectivity index (χ1n) is 26.6. The fourth-order valence-electron chi connectivity index (χ4n) is 7.51. The summed E-state index contributed by atoms with van der Waals surface area (Å²) in [5.41, 5.74) is 0. The van der Waals surface area contributed by atoms with Crippen LogP contribution in [-0.2, 0) is 28.6 Å². The fraction of sp³-hybridized carbons (Fsp3) is 0.707. The number of carboxylic acids is 1. The molecule has 0 bridgehead atoms. The zero-order valence-corrected chi connectivity index (χ0v) is 43.1. The van der Waals surface area contributed by atoms with Crippen molar-refractivity contribution in [2.45, 2.75) is 225 Å². The number of rotatable bonds is 47. The largest absolute Gasteiger partial charge is 0.477 e. The molecule has 0 heterocycles. The number of hydrogen-bond acceptors (Lipinski definition) is 6. The monoisotopic (exact) mass is 923 g/mol. The van der Waals surface area contributed by atoms with Gasteiger partial charge in [-0.25, -0.2) is 4.79 Å². The molecule has 2 unspecified atom stereocenters. The fourth-order valence-corrected chi connectivity index (χ4v) is 7.51. The lowest BCUT2D eigenvalue weighted by atomic mass is 10.0. The highest BCUT2D eigenvalue weighted by Gasteiger charge is 2.31. The summed E-state index contributed by atoms with van der Waals surface area (Å²) in [6.45, 7) is 4.52. The minimum absolute atomic E-state index is 0.0542. The van der Waals surface area contributed by atoms with Gasteiger partial charge in [0.05, 0.1) is 34.4 Å². The summed E-state index contributed by atoms with van der Waals surface area (Å²) in [6, 6.07) is -0.621. The second-order valence-electron chi connectivity index (χ2n) is 18.7. The van der Waals surface area contributed by atoms with Crippen LogP contribution in [0.4, 0.5) is 0 Å². The van der Waals surface area contributed by atoms with Crippen LogP contribution < -0.4 is 0 Å². The first kappa shape index (κ1) is 62.5. The van der Waals surface area contributed by atoms with Crippen LogP contribution in [0.25, 0.3) is 0 Å². The van der Waals surface area contributed by atoms with Gasteiger partial charge in [0.25, 0.3) is 0 Å². The average molecular weight is 923 g/mol. The van der Waals surface area contributed by atoms with Gasteiger partial charge in [-0.1, -0.05) is 195 Å². The highest BCUT2D eigenvalue weighted by molar-refractivity contribution is 5.72. The van der Waals surface area contributed by atoms with E-state index < -0.39 is 18.1 Å². The summed E-state index contributed by atoms with van der Waals surface area (Å²) in [7, 11) is 5.53. The molecule has 0 radical (unpaired) electrons. The quantitative estimate of drug-likeness (QED) is 0.0281. The van der Waals surface area contributed by atoms with Crippen LogP contribution >= 0.6 is 0 Å². The van der Waals surface area contributed by atoms with Crippen molar-refractivity contribution in [3.8, 4) is 0 Å². The Bertz CT molecular complexity index is 1350. The number of allylic oxidation sites excluding steroid dienone is 14. The summed E-state index contributed by atoms with van der Waals surface area (Å²) in [5.74, 6) is -1.48. The average Bonchev–Trinajstić information content (AvgIpc) is 3.28. The van der Waals surface area contributed by atoms with Gasteiger partial charge in [-0.2, -0.15) is 0 Å². The lowest BCUT2D eigenvalue weighted by Gasteiger charge is -2.31. The Morgan fingerprint density at radius 2 is 0.803 bits per heavy atom. The summed E-state index contributed by atoms with van der Waals surface area (Å²) in [5, 5.41) is 9.67. The SMILES string of the molecule is CC/C=C/C/C=C/C/C=C/C/C=C/CCCCCCCCCCCC(=O)OCC(COCCC(C(=O)O)[N+](C)(C)C)OC(=O)CCCCCCCCCCCC/C=C/C/C=C/C/C=C/CC. The second kappa shape index (κ2) is 48.0. The van der Waals surface area contributed by atoms with Crippen molar-refractivity contribution in [1.82, 2.24) is 0 Å². The Labute approximate surface area is 405 Å². The van der Waals surface area contributed by atoms with Crippen molar-refractivity contribution in [3.63, 3.8) is 0 Å². The van der Waals surface area contributed by atoms with Gasteiger partial charge in [0.15, 0.2) is 12.1 Å². The van der Waals surface area contributed by atoms with Gasteiger partial charge in [-0.15, -0.1) is 0 Å². The maximum absolute atomic E-state index is 12.8. The third-order valence-corrected chi connectivity index (χ3v) is 11.5. The molecule has 66 heavy (non-hydrogen) atoms. The molecule has 0 aliphatic carbocycles. The number of hydrogen-bond donors (Lipinski definition) is 1. The van der Waals surface area contributed by atoms with Crippen molar-refractivity contribution in [1.29, 1.82) is 0 Å². The molecule has 2 atom stereocenters. The van der Waals surface area contributed by atoms with Gasteiger partial charge in [0, 0.05) is 19.3 Å². The molecule has 0 aliphatic heterocycles. The molecular weight excluding hydrogens is 823 g/mol. The van der Waals surface area contributed by atoms with Crippen molar-refractivity contribution >= 4 is 17.9 Å². The predicted octanol–water partition coefficient (Wildman–Crippen LogP) is 15.6. The Hall–Kier alpha value is -3.49. The Morgan fingerprint density at radius 1 is 0.455 bits per heavy atom. The molecule has 0 fully saturated rings. The van der Waals surface area contributed by atoms with E-state index in [9.17, 15) is 19.5 Å². The van der Waals surface area contributed by atoms with Crippen molar-refractivity contribution < 1.29 is 38.2 Å². The highest BCUT2D eigenvalue weighted by atomic mass is 16.6. The van der Waals surface area contributed by atoms with E-state index in [2.05, 4.69) is 98.9 Å². The van der Waals surface area contributed by atoms with E-state index >= 15 is 0 Å². The number of ether oxygens (including phenoxy) is 3. The summed E-state index contributed by atoms with van der Waals surface area (Å²) in [6.07, 6.45) is 63.4. The summed E-state index contributed by atoms with van der Waals surface area (Å²) < 4.78 is 17.4. The third-order valence-electron chi connectivity index (χ3n) is 11.5. The molecule has 0 amide bonds. The third kappa shape index (κ3) is 45.7. The van der Waals surface area contributed by atoms with Crippen LogP contribution in [0.2, 0.25) is 0 Å². The number of likely N-dealkylation sites (N-methyl/N-ethyl adjacent to an activating group) is 1. The minimum atomic E-state index is -0.878. The molecular formula is C58H100NO7+. The van der Waals surface area contributed by atoms with Crippen LogP contribution in [-0.4, -0.2) is 80.6 Å². The van der Waals surface area contributed by atoms with Crippen molar-refractivity contribution in [3.05, 3.63) is 85.1 Å². The standard InChI is InChI=1S/C58H99NO7/c1-6-8-10-12-14-16-18-20-22-24-26-28-29-31-32-34-36-38-40-42-44-46-48-56(60)65-53-54(52-64-51-50-55(58(62)63)59(3,4)5)66-57(61)49-47-45-43-41-39-37-35-33-30-27-25-23-21-19-17-15-13-11-9-7-2/h8-11,14-17,20-23,26,28,54-55H,6-7,12-13,18-19,24-25,27,29-53H2,1-5H3/p+1/b10-8+,11-9+,16-14+,17-15+,22-20+,23-21+,28-26+. The van der Waals surface area contributed by atoms with Gasteiger partial charge in [0.1, 0.15) is 6.61 Å². The van der Waals surface area contributed by atoms with Gasteiger partial charge in [-0.3, -0.25) is 9.59 Å². The van der Waals surface area contributed by atoms with E-state index in [1.807, 2.05) is 21.1 Å². The molecule has 0 saturated carbocycles. The second-order valence-corrected chi connectivity index (χ2v) is 18.7. The molecule has 0 saturated heterocycles. The zero-order valence-electron chi connectivity index (χ0n) is 43.1. The Morgan fingerprint density at radius 3 is 1.18 bits per heavy atom. The lowest BCUT2D eigenvalue weighted by molar-refractivity contribution is -0.887. The first-order chi connectivity index (χ1) is 32.1. The number of unbranched alkanes of at least 4 members (excludes halogenated alkanes) is 19. The number of aliphatic carboxylic acids is 1. The molecule has 0 aromatic heterocycles. The Balaban J connectivity index is 4.24. The van der Waals surface area contributed by atoms with Crippen molar-refractivity contribution in [2.75, 3.05) is 41.0 Å². The predicted molar refractivity (Wildman–Crippen MR) is 280 cm³/mol. The maximum atomic E-state index is 12.8. The molecule has 0 aromatic carbocycles. The van der Waals surface area contributed by atoms with E-state index in [4.69, 9.17) is 14.2 Å². The summed E-state index contributed by atoms with van der Waals surface area (Å²) >= 11 is 0.